The number of carbonyl (C=O) groups excluding carboxylic acids is 2. The molecule has 3 nitrogen and oxygen atoms in total. The highest BCUT2D eigenvalue weighted by Crippen LogP contribution is 2.37. The van der Waals surface area contributed by atoms with Gasteiger partial charge in [-0.15, -0.1) is 0 Å². The number of fused-ring (bicyclic) bond motifs is 1. The maximum Gasteiger partial charge on any atom is 0.416 e. The summed E-state index contributed by atoms with van der Waals surface area (Å²) in [5.74, 6) is -1.11. The lowest BCUT2D eigenvalue weighted by Gasteiger charge is -2.17. The zero-order chi connectivity index (χ0) is 16.1. The molecular weight excluding hydrogens is 363 g/mol. The van der Waals surface area contributed by atoms with Crippen molar-refractivity contribution in [1.29, 1.82) is 0 Å². The number of hydrogen-bond acceptors (Lipinski definition) is 2. The maximum absolute atomic E-state index is 12.7. The number of rotatable bonds is 1. The minimum Gasteiger partial charge on any atom is -0.268 e. The fourth-order valence-corrected chi connectivity index (χ4v) is 2.83. The molecule has 3 rings (SSSR count). The van der Waals surface area contributed by atoms with E-state index in [1.165, 1.54) is 12.1 Å². The molecule has 0 bridgehead atoms. The first-order chi connectivity index (χ1) is 10.3. The summed E-state index contributed by atoms with van der Waals surface area (Å²) in [6.07, 6.45) is -4.50. The van der Waals surface area contributed by atoms with Crippen LogP contribution < -0.4 is 4.90 Å². The third-order valence-electron chi connectivity index (χ3n) is 3.31. The average molecular weight is 370 g/mol. The summed E-state index contributed by atoms with van der Waals surface area (Å²) in [6.45, 7) is 0. The van der Waals surface area contributed by atoms with Crippen LogP contribution in [0.1, 0.15) is 26.3 Å². The van der Waals surface area contributed by atoms with Gasteiger partial charge in [0.25, 0.3) is 11.8 Å². The number of carbonyl (C=O) groups is 2. The number of halogens is 4. The zero-order valence-corrected chi connectivity index (χ0v) is 12.4. The van der Waals surface area contributed by atoms with Crippen LogP contribution in [0.15, 0.2) is 46.9 Å². The third-order valence-corrected chi connectivity index (χ3v) is 3.95. The van der Waals surface area contributed by atoms with Crippen LogP contribution in [0.3, 0.4) is 0 Å². The van der Waals surface area contributed by atoms with Gasteiger partial charge in [-0.3, -0.25) is 9.59 Å². The van der Waals surface area contributed by atoms with Crippen LogP contribution >= 0.6 is 15.9 Å². The van der Waals surface area contributed by atoms with E-state index in [4.69, 9.17) is 0 Å². The molecule has 2 aromatic carbocycles. The van der Waals surface area contributed by atoms with Crippen molar-refractivity contribution < 1.29 is 22.8 Å². The summed E-state index contributed by atoms with van der Waals surface area (Å²) in [5.41, 5.74) is -0.308. The molecule has 1 heterocycles. The topological polar surface area (TPSA) is 37.4 Å². The van der Waals surface area contributed by atoms with Crippen molar-refractivity contribution in [2.45, 2.75) is 6.18 Å². The van der Waals surface area contributed by atoms with Crippen molar-refractivity contribution >= 4 is 33.4 Å². The summed E-state index contributed by atoms with van der Waals surface area (Å²) in [4.78, 5) is 25.5. The number of alkyl halides is 3. The number of benzene rings is 2. The van der Waals surface area contributed by atoms with E-state index in [1.807, 2.05) is 0 Å². The molecule has 1 aliphatic heterocycles. The number of anilines is 1. The third kappa shape index (κ3) is 2.21. The molecule has 0 aromatic heterocycles. The van der Waals surface area contributed by atoms with Crippen molar-refractivity contribution in [3.05, 3.63) is 63.6 Å². The Morgan fingerprint density at radius 1 is 0.909 bits per heavy atom. The molecule has 0 unspecified atom stereocenters. The van der Waals surface area contributed by atoms with Gasteiger partial charge in [0.15, 0.2) is 0 Å². The molecule has 0 saturated heterocycles. The molecule has 22 heavy (non-hydrogen) atoms. The molecule has 2 amide bonds. The Kier molecular flexibility index (Phi) is 3.32. The van der Waals surface area contributed by atoms with Crippen LogP contribution in [0.25, 0.3) is 0 Å². The van der Waals surface area contributed by atoms with Gasteiger partial charge in [-0.2, -0.15) is 13.2 Å². The molecular formula is C15H7BrF3NO2. The van der Waals surface area contributed by atoms with Gasteiger partial charge in [0.05, 0.1) is 22.4 Å². The second-order valence-electron chi connectivity index (χ2n) is 4.66. The number of amides is 2. The van der Waals surface area contributed by atoms with Crippen molar-refractivity contribution in [1.82, 2.24) is 0 Å². The highest BCUT2D eigenvalue weighted by Gasteiger charge is 2.38. The van der Waals surface area contributed by atoms with Gasteiger partial charge in [-0.1, -0.05) is 12.1 Å². The summed E-state index contributed by atoms with van der Waals surface area (Å²) in [5, 5.41) is 0. The van der Waals surface area contributed by atoms with Gasteiger partial charge < -0.3 is 0 Å². The van der Waals surface area contributed by atoms with Crippen LogP contribution in [0.5, 0.6) is 0 Å². The minimum atomic E-state index is -4.50. The van der Waals surface area contributed by atoms with E-state index in [1.54, 1.807) is 12.1 Å². The van der Waals surface area contributed by atoms with E-state index in [-0.39, 0.29) is 21.3 Å². The Morgan fingerprint density at radius 2 is 1.45 bits per heavy atom. The Morgan fingerprint density at radius 3 is 1.91 bits per heavy atom. The van der Waals surface area contributed by atoms with Crippen molar-refractivity contribution in [2.75, 3.05) is 4.90 Å². The number of nitrogens with zero attached hydrogens (tertiary/aromatic N) is 1. The van der Waals surface area contributed by atoms with Crippen LogP contribution in [0.2, 0.25) is 0 Å². The fourth-order valence-electron chi connectivity index (χ4n) is 2.27. The molecule has 0 aliphatic carbocycles. The van der Waals surface area contributed by atoms with Crippen LogP contribution in [-0.4, -0.2) is 11.8 Å². The fraction of sp³-hybridized carbons (Fsp3) is 0.0667. The molecule has 7 heteroatoms. The Hall–Kier alpha value is -2.15. The summed E-state index contributed by atoms with van der Waals surface area (Å²) in [7, 11) is 0. The predicted molar refractivity (Wildman–Crippen MR) is 76.7 cm³/mol. The molecule has 0 fully saturated rings. The Bertz CT molecular complexity index is 767. The number of hydrogen-bond donors (Lipinski definition) is 0. The zero-order valence-electron chi connectivity index (χ0n) is 10.8. The molecule has 0 spiro atoms. The highest BCUT2D eigenvalue weighted by molar-refractivity contribution is 9.10. The van der Waals surface area contributed by atoms with E-state index in [0.29, 0.717) is 0 Å². The molecule has 0 atom stereocenters. The summed E-state index contributed by atoms with van der Waals surface area (Å²) in [6, 6.07) is 9.04. The monoisotopic (exact) mass is 369 g/mol. The first-order valence-corrected chi connectivity index (χ1v) is 6.94. The van der Waals surface area contributed by atoms with E-state index in [0.717, 1.165) is 23.1 Å². The van der Waals surface area contributed by atoms with E-state index < -0.39 is 23.6 Å². The van der Waals surface area contributed by atoms with Gasteiger partial charge >= 0.3 is 6.18 Å². The van der Waals surface area contributed by atoms with Crippen LogP contribution in [0.4, 0.5) is 18.9 Å². The summed E-state index contributed by atoms with van der Waals surface area (Å²) >= 11 is 3.00. The molecule has 0 radical (unpaired) electrons. The largest absolute Gasteiger partial charge is 0.416 e. The first kappa shape index (κ1) is 14.8. The van der Waals surface area contributed by atoms with Crippen molar-refractivity contribution in [3.8, 4) is 0 Å². The SMILES string of the molecule is O=C1c2ccccc2C(=O)N1c1ccc(C(F)(F)F)cc1Br. The van der Waals surface area contributed by atoms with Gasteiger partial charge in [0, 0.05) is 4.47 Å². The second-order valence-corrected chi connectivity index (χ2v) is 5.51. The maximum atomic E-state index is 12.7. The molecule has 0 N–H and O–H groups in total. The van der Waals surface area contributed by atoms with Crippen molar-refractivity contribution in [3.63, 3.8) is 0 Å². The molecule has 2 aromatic rings. The van der Waals surface area contributed by atoms with Gasteiger partial charge in [-0.05, 0) is 46.3 Å². The quantitative estimate of drug-likeness (QED) is 0.704. The van der Waals surface area contributed by atoms with E-state index in [2.05, 4.69) is 15.9 Å². The lowest BCUT2D eigenvalue weighted by molar-refractivity contribution is -0.137. The average Bonchev–Trinajstić information content (AvgIpc) is 2.71. The molecule has 0 saturated carbocycles. The van der Waals surface area contributed by atoms with Gasteiger partial charge in [0.1, 0.15) is 0 Å². The number of imide groups is 1. The first-order valence-electron chi connectivity index (χ1n) is 6.15. The van der Waals surface area contributed by atoms with Gasteiger partial charge in [0.2, 0.25) is 0 Å². The Labute approximate surface area is 131 Å². The lowest BCUT2D eigenvalue weighted by Crippen LogP contribution is -2.29. The Balaban J connectivity index is 2.07. The smallest absolute Gasteiger partial charge is 0.268 e. The van der Waals surface area contributed by atoms with Crippen LogP contribution in [-0.2, 0) is 6.18 Å². The van der Waals surface area contributed by atoms with E-state index in [9.17, 15) is 22.8 Å². The second kappa shape index (κ2) is 4.95. The van der Waals surface area contributed by atoms with E-state index >= 15 is 0 Å². The standard InChI is InChI=1S/C15H7BrF3NO2/c16-11-7-8(15(17,18)19)5-6-12(11)20-13(21)9-3-1-2-4-10(9)14(20)22/h1-7H. The highest BCUT2D eigenvalue weighted by atomic mass is 79.9. The normalized spacial score (nSPS) is 14.5. The predicted octanol–water partition coefficient (Wildman–Crippen LogP) is 4.27. The summed E-state index contributed by atoms with van der Waals surface area (Å²) < 4.78 is 38.1. The van der Waals surface area contributed by atoms with Crippen molar-refractivity contribution in [2.24, 2.45) is 0 Å². The van der Waals surface area contributed by atoms with Crippen LogP contribution in [0, 0.1) is 0 Å². The minimum absolute atomic E-state index is 0.0248. The van der Waals surface area contributed by atoms with Gasteiger partial charge in [-0.25, -0.2) is 4.90 Å². The molecule has 1 aliphatic rings. The molecule has 112 valence electrons. The lowest BCUT2D eigenvalue weighted by atomic mass is 10.1.